The Balaban J connectivity index is 1.65. The van der Waals surface area contributed by atoms with E-state index in [1.54, 1.807) is 0 Å². The lowest BCUT2D eigenvalue weighted by atomic mass is 9.65. The number of aromatic amines is 1. The van der Waals surface area contributed by atoms with Gasteiger partial charge in [0.2, 0.25) is 0 Å². The Morgan fingerprint density at radius 2 is 1.96 bits per heavy atom. The molecule has 5 nitrogen and oxygen atoms in total. The fourth-order valence-electron chi connectivity index (χ4n) is 3.07. The van der Waals surface area contributed by atoms with Crippen LogP contribution in [0.1, 0.15) is 33.5 Å². The summed E-state index contributed by atoms with van der Waals surface area (Å²) < 4.78 is 0. The first-order chi connectivity index (χ1) is 11.3. The summed E-state index contributed by atoms with van der Waals surface area (Å²) >= 11 is 0. The van der Waals surface area contributed by atoms with Gasteiger partial charge in [-0.2, -0.15) is 0 Å². The maximum absolute atomic E-state index is 4.48. The van der Waals surface area contributed by atoms with E-state index in [0.717, 1.165) is 29.6 Å². The van der Waals surface area contributed by atoms with Crippen LogP contribution in [-0.2, 0) is 6.54 Å². The molecular weight excluding hydrogens is 298 g/mol. The van der Waals surface area contributed by atoms with Crippen LogP contribution in [0, 0.1) is 5.41 Å². The SMILES string of the molecule is CN=C(NCc1ncc(-c2ccccc2)[nH]1)N1CC(C)(C)C1(C)C. The van der Waals surface area contributed by atoms with Crippen molar-refractivity contribution in [2.75, 3.05) is 13.6 Å². The molecule has 3 rings (SSSR count). The highest BCUT2D eigenvalue weighted by Gasteiger charge is 2.53. The third-order valence-electron chi connectivity index (χ3n) is 5.48. The quantitative estimate of drug-likeness (QED) is 0.672. The number of H-pyrrole nitrogens is 1. The summed E-state index contributed by atoms with van der Waals surface area (Å²) in [5, 5.41) is 3.43. The smallest absolute Gasteiger partial charge is 0.194 e. The standard InChI is InChI=1S/C19H27N5/c1-18(2)13-24(19(18,3)4)17(20-5)22-12-16-21-11-15(23-16)14-9-7-6-8-10-14/h6-11H,12-13H2,1-5H3,(H,20,22)(H,21,23). The Kier molecular flexibility index (Phi) is 4.11. The molecule has 1 fully saturated rings. The van der Waals surface area contributed by atoms with Crippen LogP contribution in [0.2, 0.25) is 0 Å². The van der Waals surface area contributed by atoms with E-state index in [1.807, 2.05) is 31.4 Å². The molecule has 24 heavy (non-hydrogen) atoms. The lowest BCUT2D eigenvalue weighted by molar-refractivity contribution is -0.0668. The number of nitrogens with one attached hydrogen (secondary N) is 2. The molecule has 1 saturated heterocycles. The first kappa shape index (κ1) is 16.6. The Hall–Kier alpha value is -2.30. The van der Waals surface area contributed by atoms with Crippen LogP contribution in [0.15, 0.2) is 41.5 Å². The van der Waals surface area contributed by atoms with Crippen molar-refractivity contribution in [2.24, 2.45) is 10.4 Å². The number of hydrogen-bond donors (Lipinski definition) is 2. The van der Waals surface area contributed by atoms with Crippen LogP contribution in [-0.4, -0.2) is 40.0 Å². The molecule has 1 aliphatic heterocycles. The molecule has 2 heterocycles. The fourth-order valence-corrected chi connectivity index (χ4v) is 3.07. The summed E-state index contributed by atoms with van der Waals surface area (Å²) in [6.45, 7) is 10.8. The number of aromatic nitrogens is 2. The first-order valence-electron chi connectivity index (χ1n) is 8.43. The highest BCUT2D eigenvalue weighted by Crippen LogP contribution is 2.46. The zero-order valence-electron chi connectivity index (χ0n) is 15.2. The van der Waals surface area contributed by atoms with Crippen molar-refractivity contribution in [3.8, 4) is 11.3 Å². The van der Waals surface area contributed by atoms with Crippen molar-refractivity contribution >= 4 is 5.96 Å². The van der Waals surface area contributed by atoms with Gasteiger partial charge in [-0.1, -0.05) is 44.2 Å². The largest absolute Gasteiger partial charge is 0.349 e. The second-order valence-corrected chi connectivity index (χ2v) is 7.54. The van der Waals surface area contributed by atoms with Gasteiger partial charge in [-0.15, -0.1) is 0 Å². The molecule has 0 atom stereocenters. The average Bonchev–Trinajstić information content (AvgIpc) is 3.04. The Morgan fingerprint density at radius 1 is 1.25 bits per heavy atom. The number of nitrogens with zero attached hydrogens (tertiary/aromatic N) is 3. The van der Waals surface area contributed by atoms with Crippen molar-refractivity contribution in [3.63, 3.8) is 0 Å². The van der Waals surface area contributed by atoms with Crippen molar-refractivity contribution in [3.05, 3.63) is 42.4 Å². The summed E-state index contributed by atoms with van der Waals surface area (Å²) in [4.78, 5) is 14.6. The Morgan fingerprint density at radius 3 is 2.54 bits per heavy atom. The molecule has 0 aliphatic carbocycles. The topological polar surface area (TPSA) is 56.3 Å². The summed E-state index contributed by atoms with van der Waals surface area (Å²) in [5.74, 6) is 1.84. The number of guanidine groups is 1. The molecule has 0 amide bonds. The second kappa shape index (κ2) is 5.96. The molecule has 0 saturated carbocycles. The van der Waals surface area contributed by atoms with Gasteiger partial charge in [0.25, 0.3) is 0 Å². The van der Waals surface area contributed by atoms with E-state index in [2.05, 4.69) is 65.0 Å². The predicted molar refractivity (Wildman–Crippen MR) is 98.8 cm³/mol. The summed E-state index contributed by atoms with van der Waals surface area (Å²) in [6.07, 6.45) is 1.88. The highest BCUT2D eigenvalue weighted by molar-refractivity contribution is 5.81. The number of hydrogen-bond acceptors (Lipinski definition) is 2. The minimum Gasteiger partial charge on any atom is -0.349 e. The molecule has 128 valence electrons. The summed E-state index contributed by atoms with van der Waals surface area (Å²) in [5.41, 5.74) is 2.56. The van der Waals surface area contributed by atoms with Crippen LogP contribution in [0.3, 0.4) is 0 Å². The summed E-state index contributed by atoms with van der Waals surface area (Å²) in [7, 11) is 1.83. The average molecular weight is 325 g/mol. The molecule has 0 spiro atoms. The van der Waals surface area contributed by atoms with Gasteiger partial charge < -0.3 is 15.2 Å². The van der Waals surface area contributed by atoms with Gasteiger partial charge >= 0.3 is 0 Å². The number of aliphatic imine (C=N–C) groups is 1. The minimum atomic E-state index is 0.0905. The van der Waals surface area contributed by atoms with Crippen molar-refractivity contribution in [1.29, 1.82) is 0 Å². The van der Waals surface area contributed by atoms with E-state index in [0.29, 0.717) is 6.54 Å². The number of likely N-dealkylation sites (tertiary alicyclic amines) is 1. The number of imidazole rings is 1. The maximum Gasteiger partial charge on any atom is 0.194 e. The monoisotopic (exact) mass is 325 g/mol. The predicted octanol–water partition coefficient (Wildman–Crippen LogP) is 3.27. The van der Waals surface area contributed by atoms with E-state index < -0.39 is 0 Å². The van der Waals surface area contributed by atoms with E-state index in [1.165, 1.54) is 0 Å². The van der Waals surface area contributed by atoms with Gasteiger partial charge in [0.1, 0.15) is 5.82 Å². The van der Waals surface area contributed by atoms with E-state index in [9.17, 15) is 0 Å². The Labute approximate surface area is 144 Å². The normalized spacial score (nSPS) is 19.0. The van der Waals surface area contributed by atoms with Crippen LogP contribution in [0.5, 0.6) is 0 Å². The van der Waals surface area contributed by atoms with Gasteiger partial charge in [-0.3, -0.25) is 4.99 Å². The molecule has 2 N–H and O–H groups in total. The van der Waals surface area contributed by atoms with Crippen LogP contribution < -0.4 is 5.32 Å². The first-order valence-corrected chi connectivity index (χ1v) is 8.43. The molecular formula is C19H27N5. The minimum absolute atomic E-state index is 0.0905. The van der Waals surface area contributed by atoms with Crippen molar-refractivity contribution in [2.45, 2.75) is 39.8 Å². The highest BCUT2D eigenvalue weighted by atomic mass is 15.4. The Bertz CT molecular complexity index is 727. The molecule has 5 heteroatoms. The van der Waals surface area contributed by atoms with Gasteiger partial charge in [0.05, 0.1) is 18.4 Å². The van der Waals surface area contributed by atoms with E-state index >= 15 is 0 Å². The maximum atomic E-state index is 4.48. The fraction of sp³-hybridized carbons (Fsp3) is 0.474. The number of rotatable bonds is 3. The third kappa shape index (κ3) is 2.79. The zero-order chi connectivity index (χ0) is 17.4. The lowest BCUT2D eigenvalue weighted by Gasteiger charge is -2.62. The van der Waals surface area contributed by atoms with Gasteiger partial charge in [0.15, 0.2) is 5.96 Å². The third-order valence-corrected chi connectivity index (χ3v) is 5.48. The molecule has 0 unspecified atom stereocenters. The van der Waals surface area contributed by atoms with Gasteiger partial charge in [0, 0.05) is 24.5 Å². The van der Waals surface area contributed by atoms with Gasteiger partial charge in [-0.25, -0.2) is 4.98 Å². The van der Waals surface area contributed by atoms with Crippen LogP contribution in [0.4, 0.5) is 0 Å². The van der Waals surface area contributed by atoms with Crippen LogP contribution >= 0.6 is 0 Å². The second-order valence-electron chi connectivity index (χ2n) is 7.54. The number of benzene rings is 1. The molecule has 1 aliphatic rings. The van der Waals surface area contributed by atoms with Gasteiger partial charge in [-0.05, 0) is 19.4 Å². The molecule has 1 aromatic carbocycles. The van der Waals surface area contributed by atoms with E-state index in [-0.39, 0.29) is 11.0 Å². The van der Waals surface area contributed by atoms with E-state index in [4.69, 9.17) is 0 Å². The van der Waals surface area contributed by atoms with Crippen molar-refractivity contribution < 1.29 is 0 Å². The lowest BCUT2D eigenvalue weighted by Crippen LogP contribution is -2.72. The molecule has 0 radical (unpaired) electrons. The summed E-state index contributed by atoms with van der Waals surface area (Å²) in [6, 6.07) is 10.2. The van der Waals surface area contributed by atoms with Crippen molar-refractivity contribution in [1.82, 2.24) is 20.2 Å². The van der Waals surface area contributed by atoms with Crippen LogP contribution in [0.25, 0.3) is 11.3 Å². The molecule has 0 bridgehead atoms. The molecule has 1 aromatic heterocycles. The molecule has 2 aromatic rings. The zero-order valence-corrected chi connectivity index (χ0v) is 15.2.